The minimum absolute atomic E-state index is 0. The van der Waals surface area contributed by atoms with Crippen molar-refractivity contribution in [1.29, 1.82) is 0 Å². The second kappa shape index (κ2) is 5.45. The van der Waals surface area contributed by atoms with Gasteiger partial charge in [0.2, 0.25) is 0 Å². The van der Waals surface area contributed by atoms with E-state index in [1.54, 1.807) is 6.08 Å². The fraction of sp³-hybridized carbons (Fsp3) is 0.333. The molecular formula is C6H8Cl2O2. The topological polar surface area (TPSA) is 34.1 Å². The maximum atomic E-state index is 10.4. The Balaban J connectivity index is 0. The van der Waals surface area contributed by atoms with Gasteiger partial charge in [-0.05, 0) is 6.08 Å². The predicted octanol–water partition coefficient (Wildman–Crippen LogP) is 1.32. The van der Waals surface area contributed by atoms with Crippen LogP contribution in [-0.4, -0.2) is 11.6 Å². The Morgan fingerprint density at radius 3 is 2.10 bits per heavy atom. The van der Waals surface area contributed by atoms with Crippen LogP contribution < -0.4 is 0 Å². The summed E-state index contributed by atoms with van der Waals surface area (Å²) in [7, 11) is 0. The highest BCUT2D eigenvalue weighted by Crippen LogP contribution is 2.00. The normalized spacial score (nSPS) is 15.6. The smallest absolute Gasteiger partial charge is 0.162 e. The monoisotopic (exact) mass is 182 g/mol. The van der Waals surface area contributed by atoms with Crippen LogP contribution in [0.25, 0.3) is 0 Å². The van der Waals surface area contributed by atoms with Crippen LogP contribution in [0.2, 0.25) is 0 Å². The molecule has 2 nitrogen and oxygen atoms in total. The number of ketones is 2. The van der Waals surface area contributed by atoms with Crippen molar-refractivity contribution in [2.45, 2.75) is 12.8 Å². The van der Waals surface area contributed by atoms with Gasteiger partial charge in [0.15, 0.2) is 5.78 Å². The van der Waals surface area contributed by atoms with Crippen LogP contribution in [-0.2, 0) is 9.59 Å². The average Bonchev–Trinajstić information content (AvgIpc) is 1.64. The largest absolute Gasteiger partial charge is 0.299 e. The minimum Gasteiger partial charge on any atom is -0.299 e. The molecule has 0 aromatic carbocycles. The highest BCUT2D eigenvalue weighted by atomic mass is 35.5. The molecule has 0 heterocycles. The zero-order valence-electron chi connectivity index (χ0n) is 5.20. The fourth-order valence-corrected chi connectivity index (χ4v) is 0.647. The first-order chi connectivity index (χ1) is 3.79. The lowest BCUT2D eigenvalue weighted by atomic mass is 10.1. The van der Waals surface area contributed by atoms with E-state index in [1.807, 2.05) is 0 Å². The molecular weight excluding hydrogens is 175 g/mol. The Morgan fingerprint density at radius 1 is 1.20 bits per heavy atom. The van der Waals surface area contributed by atoms with Gasteiger partial charge < -0.3 is 0 Å². The highest BCUT2D eigenvalue weighted by molar-refractivity contribution is 6.07. The van der Waals surface area contributed by atoms with E-state index >= 15 is 0 Å². The lowest BCUT2D eigenvalue weighted by Gasteiger charge is -1.97. The van der Waals surface area contributed by atoms with E-state index in [1.165, 1.54) is 6.08 Å². The average molecular weight is 183 g/mol. The molecule has 0 fully saturated rings. The molecule has 0 aromatic heterocycles. The molecule has 1 rings (SSSR count). The third-order valence-corrected chi connectivity index (χ3v) is 1.02. The standard InChI is InChI=1S/C6H6O2.2ClH/c7-5-2-1-3-6(8)4-5;;/h1-2H,3-4H2;2*1H. The van der Waals surface area contributed by atoms with Crippen LogP contribution in [0.4, 0.5) is 0 Å². The van der Waals surface area contributed by atoms with Crippen molar-refractivity contribution in [2.75, 3.05) is 0 Å². The lowest BCUT2D eigenvalue weighted by Crippen LogP contribution is -2.08. The molecule has 1 aliphatic rings. The molecule has 0 N–H and O–H groups in total. The van der Waals surface area contributed by atoms with Crippen molar-refractivity contribution in [3.8, 4) is 0 Å². The lowest BCUT2D eigenvalue weighted by molar-refractivity contribution is -0.124. The van der Waals surface area contributed by atoms with Crippen molar-refractivity contribution >= 4 is 36.4 Å². The zero-order valence-corrected chi connectivity index (χ0v) is 6.83. The summed E-state index contributed by atoms with van der Waals surface area (Å²) in [5, 5.41) is 0. The summed E-state index contributed by atoms with van der Waals surface area (Å²) in [6, 6.07) is 0. The van der Waals surface area contributed by atoms with Crippen molar-refractivity contribution in [1.82, 2.24) is 0 Å². The molecule has 0 aromatic rings. The molecule has 0 saturated heterocycles. The molecule has 1 aliphatic carbocycles. The molecule has 0 unspecified atom stereocenters. The first-order valence-electron chi connectivity index (χ1n) is 2.50. The SMILES string of the molecule is Cl.Cl.O=C1C=CCC(=O)C1. The molecule has 0 aliphatic heterocycles. The van der Waals surface area contributed by atoms with Crippen molar-refractivity contribution in [3.63, 3.8) is 0 Å². The van der Waals surface area contributed by atoms with Gasteiger partial charge in [-0.1, -0.05) is 6.08 Å². The molecule has 0 radical (unpaired) electrons. The van der Waals surface area contributed by atoms with Gasteiger partial charge in [0.25, 0.3) is 0 Å². The first kappa shape index (κ1) is 12.3. The number of carbonyl (C=O) groups is 2. The van der Waals surface area contributed by atoms with E-state index in [2.05, 4.69) is 0 Å². The summed E-state index contributed by atoms with van der Waals surface area (Å²) >= 11 is 0. The quantitative estimate of drug-likeness (QED) is 0.530. The second-order valence-corrected chi connectivity index (χ2v) is 1.79. The molecule has 0 amide bonds. The van der Waals surface area contributed by atoms with E-state index in [9.17, 15) is 9.59 Å². The Morgan fingerprint density at radius 2 is 1.80 bits per heavy atom. The van der Waals surface area contributed by atoms with E-state index in [-0.39, 0.29) is 42.8 Å². The van der Waals surface area contributed by atoms with Crippen LogP contribution in [0, 0.1) is 0 Å². The second-order valence-electron chi connectivity index (χ2n) is 1.79. The summed E-state index contributed by atoms with van der Waals surface area (Å²) in [4.78, 5) is 20.8. The van der Waals surface area contributed by atoms with Gasteiger partial charge in [0.1, 0.15) is 5.78 Å². The third kappa shape index (κ3) is 3.64. The molecule has 58 valence electrons. The Labute approximate surface area is 71.5 Å². The number of Topliss-reactive ketones (excluding diaryl/α,β-unsaturated/α-hetero) is 1. The summed E-state index contributed by atoms with van der Waals surface area (Å²) in [5.41, 5.74) is 0. The highest BCUT2D eigenvalue weighted by Gasteiger charge is 2.08. The molecule has 0 bridgehead atoms. The van der Waals surface area contributed by atoms with E-state index < -0.39 is 0 Å². The van der Waals surface area contributed by atoms with Gasteiger partial charge in [-0.15, -0.1) is 24.8 Å². The summed E-state index contributed by atoms with van der Waals surface area (Å²) in [6.07, 6.45) is 3.61. The first-order valence-corrected chi connectivity index (χ1v) is 2.50. The minimum atomic E-state index is -0.0683. The van der Waals surface area contributed by atoms with Crippen molar-refractivity contribution < 1.29 is 9.59 Å². The summed E-state index contributed by atoms with van der Waals surface area (Å²) in [5.74, 6) is -0.0428. The number of allylic oxidation sites excluding steroid dienone is 2. The van der Waals surface area contributed by atoms with E-state index in [0.717, 1.165) is 0 Å². The molecule has 0 saturated carbocycles. The van der Waals surface area contributed by atoms with Gasteiger partial charge in [0, 0.05) is 6.42 Å². The van der Waals surface area contributed by atoms with Gasteiger partial charge in [0.05, 0.1) is 6.42 Å². The number of hydrogen-bond donors (Lipinski definition) is 0. The molecule has 10 heavy (non-hydrogen) atoms. The third-order valence-electron chi connectivity index (χ3n) is 1.02. The van der Waals surface area contributed by atoms with Gasteiger partial charge in [-0.25, -0.2) is 0 Å². The van der Waals surface area contributed by atoms with Gasteiger partial charge in [-0.2, -0.15) is 0 Å². The van der Waals surface area contributed by atoms with Crippen LogP contribution in [0.5, 0.6) is 0 Å². The number of rotatable bonds is 0. The Kier molecular flexibility index (Phi) is 6.72. The van der Waals surface area contributed by atoms with Crippen LogP contribution >= 0.6 is 24.8 Å². The Bertz CT molecular complexity index is 163. The predicted molar refractivity (Wildman–Crippen MR) is 42.9 cm³/mol. The van der Waals surface area contributed by atoms with E-state index in [4.69, 9.17) is 0 Å². The maximum absolute atomic E-state index is 10.4. The summed E-state index contributed by atoms with van der Waals surface area (Å²) in [6.45, 7) is 0. The summed E-state index contributed by atoms with van der Waals surface area (Å²) < 4.78 is 0. The molecule has 0 atom stereocenters. The molecule has 4 heteroatoms. The number of carbonyl (C=O) groups excluding carboxylic acids is 2. The fourth-order valence-electron chi connectivity index (χ4n) is 0.647. The molecule has 0 spiro atoms. The van der Waals surface area contributed by atoms with Crippen LogP contribution in [0.1, 0.15) is 12.8 Å². The van der Waals surface area contributed by atoms with Gasteiger partial charge >= 0.3 is 0 Å². The zero-order chi connectivity index (χ0) is 5.98. The van der Waals surface area contributed by atoms with E-state index in [0.29, 0.717) is 6.42 Å². The van der Waals surface area contributed by atoms with Crippen molar-refractivity contribution in [2.24, 2.45) is 0 Å². The number of hydrogen-bond acceptors (Lipinski definition) is 2. The maximum Gasteiger partial charge on any atom is 0.162 e. The Hall–Kier alpha value is -0.340. The van der Waals surface area contributed by atoms with Crippen LogP contribution in [0.15, 0.2) is 12.2 Å². The number of halogens is 2. The van der Waals surface area contributed by atoms with Crippen molar-refractivity contribution in [3.05, 3.63) is 12.2 Å². The van der Waals surface area contributed by atoms with Crippen LogP contribution in [0.3, 0.4) is 0 Å². The van der Waals surface area contributed by atoms with Gasteiger partial charge in [-0.3, -0.25) is 9.59 Å².